The van der Waals surface area contributed by atoms with Gasteiger partial charge in [0.25, 0.3) is 0 Å². The third kappa shape index (κ3) is 1.34. The summed E-state index contributed by atoms with van der Waals surface area (Å²) in [7, 11) is 0. The molecule has 2 aliphatic heterocycles. The molecule has 3 heteroatoms. The smallest absolute Gasteiger partial charge is 0.315 e. The monoisotopic (exact) mass is 219 g/mol. The number of dihydropyridines is 1. The molecule has 1 aliphatic carbocycles. The molecule has 3 aliphatic rings. The number of rotatable bonds is 0. The van der Waals surface area contributed by atoms with Crippen molar-refractivity contribution in [3.8, 4) is 0 Å². The maximum atomic E-state index is 11.8. The van der Waals surface area contributed by atoms with Crippen LogP contribution in [0.4, 0.5) is 0 Å². The molecule has 0 aromatic heterocycles. The summed E-state index contributed by atoms with van der Waals surface area (Å²) in [5.41, 5.74) is -0.282. The molecule has 3 rings (SSSR count). The summed E-state index contributed by atoms with van der Waals surface area (Å²) in [6.45, 7) is 2.27. The Morgan fingerprint density at radius 1 is 1.44 bits per heavy atom. The first-order chi connectivity index (χ1) is 7.71. The Balaban J connectivity index is 1.89. The van der Waals surface area contributed by atoms with Crippen LogP contribution in [0.3, 0.4) is 0 Å². The minimum Gasteiger partial charge on any atom is -0.456 e. The first-order valence-corrected chi connectivity index (χ1v) is 6.14. The third-order valence-electron chi connectivity index (χ3n) is 4.23. The second-order valence-corrected chi connectivity index (χ2v) is 5.32. The van der Waals surface area contributed by atoms with Gasteiger partial charge in [0.2, 0.25) is 0 Å². The summed E-state index contributed by atoms with van der Waals surface area (Å²) in [4.78, 5) is 16.3. The van der Waals surface area contributed by atoms with Crippen LogP contribution in [0.15, 0.2) is 17.1 Å². The average molecular weight is 219 g/mol. The fraction of sp³-hybridized carbons (Fsp3) is 0.692. The van der Waals surface area contributed by atoms with E-state index in [1.165, 1.54) is 0 Å². The zero-order valence-corrected chi connectivity index (χ0v) is 9.56. The first kappa shape index (κ1) is 10.1. The zero-order chi connectivity index (χ0) is 11.2. The minimum absolute atomic E-state index is 0.0394. The number of aliphatic imine (C=N–C) groups is 1. The molecule has 1 saturated carbocycles. The number of nitrogens with zero attached hydrogens (tertiary/aromatic N) is 1. The van der Waals surface area contributed by atoms with Crippen LogP contribution in [0.1, 0.15) is 32.6 Å². The number of ether oxygens (including phenoxy) is 1. The Kier molecular flexibility index (Phi) is 2.16. The molecule has 1 saturated heterocycles. The van der Waals surface area contributed by atoms with E-state index in [2.05, 4.69) is 11.9 Å². The van der Waals surface area contributed by atoms with Crippen molar-refractivity contribution in [1.29, 1.82) is 0 Å². The van der Waals surface area contributed by atoms with Gasteiger partial charge in [-0.1, -0.05) is 13.0 Å². The van der Waals surface area contributed by atoms with Crippen molar-refractivity contribution in [2.45, 2.75) is 44.2 Å². The van der Waals surface area contributed by atoms with E-state index in [0.717, 1.165) is 31.6 Å². The zero-order valence-electron chi connectivity index (χ0n) is 9.56. The van der Waals surface area contributed by atoms with Gasteiger partial charge in [0.15, 0.2) is 0 Å². The molecule has 2 heterocycles. The molecule has 2 atom stereocenters. The second kappa shape index (κ2) is 3.44. The van der Waals surface area contributed by atoms with Crippen molar-refractivity contribution < 1.29 is 9.53 Å². The summed E-state index contributed by atoms with van der Waals surface area (Å²) in [5, 5.41) is 0. The molecule has 1 spiro atoms. The van der Waals surface area contributed by atoms with E-state index in [9.17, 15) is 4.79 Å². The van der Waals surface area contributed by atoms with Gasteiger partial charge in [0, 0.05) is 6.21 Å². The highest BCUT2D eigenvalue weighted by Crippen LogP contribution is 2.46. The van der Waals surface area contributed by atoms with Crippen LogP contribution < -0.4 is 0 Å². The predicted octanol–water partition coefficient (Wildman–Crippen LogP) is 2.12. The summed E-state index contributed by atoms with van der Waals surface area (Å²) in [6.07, 6.45) is 9.85. The first-order valence-electron chi connectivity index (χ1n) is 6.14. The van der Waals surface area contributed by atoms with Gasteiger partial charge in [-0.25, -0.2) is 0 Å². The molecule has 86 valence electrons. The third-order valence-corrected chi connectivity index (χ3v) is 4.23. The van der Waals surface area contributed by atoms with Crippen LogP contribution >= 0.6 is 0 Å². The van der Waals surface area contributed by atoms with E-state index >= 15 is 0 Å². The van der Waals surface area contributed by atoms with Crippen molar-refractivity contribution >= 4 is 12.2 Å². The Hall–Kier alpha value is -1.12. The van der Waals surface area contributed by atoms with E-state index in [1.54, 1.807) is 0 Å². The van der Waals surface area contributed by atoms with Gasteiger partial charge in [0.1, 0.15) is 17.6 Å². The Morgan fingerprint density at radius 2 is 2.19 bits per heavy atom. The van der Waals surface area contributed by atoms with Gasteiger partial charge < -0.3 is 4.74 Å². The lowest BCUT2D eigenvalue weighted by molar-refractivity contribution is -0.153. The number of esters is 1. The van der Waals surface area contributed by atoms with Crippen LogP contribution in [0.5, 0.6) is 0 Å². The van der Waals surface area contributed by atoms with Gasteiger partial charge in [-0.15, -0.1) is 0 Å². The molecular weight excluding hydrogens is 202 g/mol. The van der Waals surface area contributed by atoms with E-state index < -0.39 is 0 Å². The molecule has 0 aromatic rings. The largest absolute Gasteiger partial charge is 0.456 e. The molecule has 2 fully saturated rings. The van der Waals surface area contributed by atoms with E-state index in [1.807, 2.05) is 18.4 Å². The Bertz CT molecular complexity index is 364. The van der Waals surface area contributed by atoms with E-state index in [4.69, 9.17) is 4.74 Å². The number of carbonyl (C=O) groups is 1. The predicted molar refractivity (Wildman–Crippen MR) is 61.4 cm³/mol. The molecule has 0 N–H and O–H groups in total. The minimum atomic E-state index is -0.282. The number of hydrogen-bond donors (Lipinski definition) is 0. The maximum absolute atomic E-state index is 11.8. The van der Waals surface area contributed by atoms with Crippen molar-refractivity contribution in [3.05, 3.63) is 12.2 Å². The highest BCUT2D eigenvalue weighted by Gasteiger charge is 2.55. The summed E-state index contributed by atoms with van der Waals surface area (Å²) in [5.74, 6) is 0.553. The molecule has 0 radical (unpaired) electrons. The van der Waals surface area contributed by atoms with Crippen molar-refractivity contribution in [1.82, 2.24) is 0 Å². The van der Waals surface area contributed by atoms with Gasteiger partial charge in [-0.2, -0.15) is 0 Å². The molecule has 16 heavy (non-hydrogen) atoms. The fourth-order valence-corrected chi connectivity index (χ4v) is 3.16. The lowest BCUT2D eigenvalue weighted by Gasteiger charge is -2.38. The summed E-state index contributed by atoms with van der Waals surface area (Å²) in [6, 6.07) is 0.0394. The number of fused-ring (bicyclic) bond motifs is 2. The van der Waals surface area contributed by atoms with Gasteiger partial charge >= 0.3 is 5.97 Å². The van der Waals surface area contributed by atoms with Gasteiger partial charge in [-0.05, 0) is 37.7 Å². The van der Waals surface area contributed by atoms with Crippen molar-refractivity contribution in [2.75, 3.05) is 0 Å². The molecule has 0 aromatic carbocycles. The van der Waals surface area contributed by atoms with Crippen LogP contribution in [0.25, 0.3) is 0 Å². The van der Waals surface area contributed by atoms with Crippen LogP contribution in [0, 0.1) is 11.8 Å². The summed E-state index contributed by atoms with van der Waals surface area (Å²) < 4.78 is 5.68. The molecule has 2 unspecified atom stereocenters. The van der Waals surface area contributed by atoms with Crippen LogP contribution in [-0.2, 0) is 9.53 Å². The lowest BCUT2D eigenvalue weighted by Crippen LogP contribution is -2.43. The number of allylic oxidation sites excluding steroid dienone is 1. The Morgan fingerprint density at radius 3 is 2.94 bits per heavy atom. The Labute approximate surface area is 95.6 Å². The van der Waals surface area contributed by atoms with E-state index in [-0.39, 0.29) is 23.5 Å². The topological polar surface area (TPSA) is 38.7 Å². The summed E-state index contributed by atoms with van der Waals surface area (Å²) >= 11 is 0. The second-order valence-electron chi connectivity index (χ2n) is 5.32. The highest BCUT2D eigenvalue weighted by atomic mass is 16.6. The standard InChI is InChI=1S/C13H17NO2/c1-9-4-6-13(7-5-9)11-10(12(15)16-13)3-2-8-14-11/h2-3,8-11H,4-7H2,1H3. The van der Waals surface area contributed by atoms with Crippen LogP contribution in [-0.4, -0.2) is 23.8 Å². The highest BCUT2D eigenvalue weighted by molar-refractivity contribution is 5.84. The fourth-order valence-electron chi connectivity index (χ4n) is 3.16. The van der Waals surface area contributed by atoms with Crippen molar-refractivity contribution in [3.63, 3.8) is 0 Å². The number of hydrogen-bond acceptors (Lipinski definition) is 3. The van der Waals surface area contributed by atoms with Gasteiger partial charge in [-0.3, -0.25) is 9.79 Å². The van der Waals surface area contributed by atoms with Crippen LogP contribution in [0.2, 0.25) is 0 Å². The molecular formula is C13H17NO2. The van der Waals surface area contributed by atoms with Gasteiger partial charge in [0.05, 0.1) is 0 Å². The van der Waals surface area contributed by atoms with Crippen molar-refractivity contribution in [2.24, 2.45) is 16.8 Å². The quantitative estimate of drug-likeness (QED) is 0.585. The van der Waals surface area contributed by atoms with E-state index in [0.29, 0.717) is 0 Å². The number of carbonyl (C=O) groups excluding carboxylic acids is 1. The SMILES string of the molecule is CC1CCC2(CC1)OC(=O)C1C=CC=NC12. The molecule has 0 bridgehead atoms. The average Bonchev–Trinajstić information content (AvgIpc) is 2.58. The molecule has 3 nitrogen and oxygen atoms in total. The maximum Gasteiger partial charge on any atom is 0.315 e. The molecule has 0 amide bonds. The lowest BCUT2D eigenvalue weighted by atomic mass is 9.73. The normalized spacial score (nSPS) is 45.8.